The molecule has 0 aliphatic carbocycles. The molecule has 31 heavy (non-hydrogen) atoms. The van der Waals surface area contributed by atoms with E-state index in [4.69, 9.17) is 14.3 Å². The fourth-order valence-corrected chi connectivity index (χ4v) is 4.01. The number of nitriles is 1. The summed E-state index contributed by atoms with van der Waals surface area (Å²) < 4.78 is 25.2. The summed E-state index contributed by atoms with van der Waals surface area (Å²) in [7, 11) is 1.43. The minimum absolute atomic E-state index is 0.0434. The third kappa shape index (κ3) is 3.45. The van der Waals surface area contributed by atoms with Gasteiger partial charge in [0.05, 0.1) is 36.0 Å². The molecule has 0 aromatic heterocycles. The van der Waals surface area contributed by atoms with Crippen molar-refractivity contribution in [3.8, 4) is 28.7 Å². The fraction of sp³-hybridized carbons (Fsp3) is 0.318. The molecule has 4 rings (SSSR count). The monoisotopic (exact) mass is 425 g/mol. The normalized spacial score (nSPS) is 18.4. The molecule has 1 atom stereocenters. The average molecular weight is 425 g/mol. The van der Waals surface area contributed by atoms with Gasteiger partial charge in [0.25, 0.3) is 5.91 Å². The van der Waals surface area contributed by atoms with E-state index >= 15 is 0 Å². The van der Waals surface area contributed by atoms with E-state index in [9.17, 15) is 19.6 Å². The molecule has 0 spiro atoms. The van der Waals surface area contributed by atoms with Gasteiger partial charge in [-0.2, -0.15) is 5.26 Å². The highest BCUT2D eigenvalue weighted by atomic mass is 19.1. The lowest BCUT2D eigenvalue weighted by molar-refractivity contribution is 0.0675. The van der Waals surface area contributed by atoms with Crippen molar-refractivity contribution in [1.29, 1.82) is 5.26 Å². The number of nitrogens with zero attached hydrogens (tertiary/aromatic N) is 3. The summed E-state index contributed by atoms with van der Waals surface area (Å²) in [4.78, 5) is 19.6. The van der Waals surface area contributed by atoms with Crippen LogP contribution in [0.2, 0.25) is 0 Å². The Morgan fingerprint density at radius 3 is 2.77 bits per heavy atom. The third-order valence-corrected chi connectivity index (χ3v) is 5.52. The van der Waals surface area contributed by atoms with Crippen LogP contribution in [0.5, 0.6) is 11.5 Å². The van der Waals surface area contributed by atoms with Gasteiger partial charge in [0.2, 0.25) is 6.79 Å². The molecule has 160 valence electrons. The molecular formula is C22H20FN3O5. The van der Waals surface area contributed by atoms with Crippen LogP contribution in [-0.4, -0.2) is 54.7 Å². The molecule has 1 N–H and O–H groups in total. The van der Waals surface area contributed by atoms with Gasteiger partial charge in [-0.1, -0.05) is 11.2 Å². The van der Waals surface area contributed by atoms with E-state index in [2.05, 4.69) is 5.16 Å². The highest BCUT2D eigenvalue weighted by Gasteiger charge is 2.36. The van der Waals surface area contributed by atoms with Gasteiger partial charge in [0, 0.05) is 12.0 Å². The number of carbonyl (C=O) groups excluding carboxylic acids is 1. The number of carbonyl (C=O) groups is 1. The molecule has 0 radical (unpaired) electrons. The largest absolute Gasteiger partial charge is 0.453 e. The SMILES string of the molecule is CO/N=C1/CC(CO)N(C(=O)c2ccc(-c3ccc(F)c(C#N)c3C)c3c2OCO3)C1. The number of benzene rings is 2. The lowest BCUT2D eigenvalue weighted by atomic mass is 9.94. The van der Waals surface area contributed by atoms with Crippen molar-refractivity contribution in [2.24, 2.45) is 5.16 Å². The number of halogens is 1. The number of ether oxygens (including phenoxy) is 2. The number of hydrogen-bond acceptors (Lipinski definition) is 7. The molecule has 2 aliphatic heterocycles. The van der Waals surface area contributed by atoms with E-state index in [1.165, 1.54) is 18.1 Å². The first-order valence-electron chi connectivity index (χ1n) is 9.63. The van der Waals surface area contributed by atoms with Crippen LogP contribution in [0.3, 0.4) is 0 Å². The highest BCUT2D eigenvalue weighted by Crippen LogP contribution is 2.45. The Hall–Kier alpha value is -3.64. The fourth-order valence-electron chi connectivity index (χ4n) is 4.01. The Kier molecular flexibility index (Phi) is 5.48. The van der Waals surface area contributed by atoms with Crippen LogP contribution in [0.4, 0.5) is 4.39 Å². The summed E-state index contributed by atoms with van der Waals surface area (Å²) in [6.07, 6.45) is 0.416. The van der Waals surface area contributed by atoms with Crippen molar-refractivity contribution >= 4 is 11.6 Å². The van der Waals surface area contributed by atoms with Gasteiger partial charge in [-0.25, -0.2) is 4.39 Å². The van der Waals surface area contributed by atoms with Gasteiger partial charge in [0.15, 0.2) is 11.5 Å². The molecule has 0 bridgehead atoms. The van der Waals surface area contributed by atoms with Crippen LogP contribution in [-0.2, 0) is 4.84 Å². The van der Waals surface area contributed by atoms with Crippen LogP contribution in [0.1, 0.15) is 27.9 Å². The number of aliphatic hydroxyl groups is 1. The lowest BCUT2D eigenvalue weighted by Gasteiger charge is -2.23. The number of oxime groups is 1. The van der Waals surface area contributed by atoms with Gasteiger partial charge in [-0.05, 0) is 36.2 Å². The molecule has 0 saturated carbocycles. The van der Waals surface area contributed by atoms with Crippen LogP contribution in [0.25, 0.3) is 11.1 Å². The topological polar surface area (TPSA) is 104 Å². The third-order valence-electron chi connectivity index (χ3n) is 5.52. The molecule has 2 aromatic rings. The van der Waals surface area contributed by atoms with E-state index in [0.29, 0.717) is 34.6 Å². The van der Waals surface area contributed by atoms with Crippen molar-refractivity contribution < 1.29 is 28.6 Å². The lowest BCUT2D eigenvalue weighted by Crippen LogP contribution is -2.38. The van der Waals surface area contributed by atoms with Crippen LogP contribution < -0.4 is 9.47 Å². The average Bonchev–Trinajstić information content (AvgIpc) is 3.41. The number of fused-ring (bicyclic) bond motifs is 1. The number of hydrogen-bond donors (Lipinski definition) is 1. The Labute approximate surface area is 178 Å². The van der Waals surface area contributed by atoms with E-state index in [1.807, 2.05) is 6.07 Å². The Balaban J connectivity index is 1.75. The number of rotatable bonds is 4. The molecule has 1 fully saturated rings. The summed E-state index contributed by atoms with van der Waals surface area (Å²) in [5.41, 5.74) is 2.58. The van der Waals surface area contributed by atoms with Gasteiger partial charge in [-0.15, -0.1) is 0 Å². The van der Waals surface area contributed by atoms with E-state index in [0.717, 1.165) is 0 Å². The molecule has 8 nitrogen and oxygen atoms in total. The van der Waals surface area contributed by atoms with Crippen LogP contribution >= 0.6 is 0 Å². The Bertz CT molecular complexity index is 1130. The molecule has 1 saturated heterocycles. The molecular weight excluding hydrogens is 405 g/mol. The second kappa shape index (κ2) is 8.24. The molecule has 9 heteroatoms. The standard InChI is InChI=1S/C22H20FN3O5/c1-12-15(5-6-19(23)18(12)8-24)16-3-4-17(21-20(16)30-11-31-21)22(28)26-9-13(25-29-2)7-14(26)10-27/h3-6,14,27H,7,9-11H2,1-2H3/b25-13-. The second-order valence-electron chi connectivity index (χ2n) is 7.25. The predicted molar refractivity (Wildman–Crippen MR) is 108 cm³/mol. The minimum Gasteiger partial charge on any atom is -0.453 e. The summed E-state index contributed by atoms with van der Waals surface area (Å²) in [5.74, 6) is -0.294. The molecule has 2 aliphatic rings. The number of aliphatic hydroxyl groups excluding tert-OH is 1. The zero-order chi connectivity index (χ0) is 22.1. The Morgan fingerprint density at radius 1 is 1.32 bits per heavy atom. The first-order valence-corrected chi connectivity index (χ1v) is 9.63. The smallest absolute Gasteiger partial charge is 0.258 e. The van der Waals surface area contributed by atoms with E-state index in [-0.39, 0.29) is 42.7 Å². The van der Waals surface area contributed by atoms with Gasteiger partial charge in [0.1, 0.15) is 19.0 Å². The predicted octanol–water partition coefficient (Wildman–Crippen LogP) is 2.61. The van der Waals surface area contributed by atoms with Crippen molar-refractivity contribution in [2.45, 2.75) is 19.4 Å². The number of amides is 1. The molecule has 1 amide bonds. The first-order chi connectivity index (χ1) is 15.0. The highest BCUT2D eigenvalue weighted by molar-refractivity contribution is 6.03. The minimum atomic E-state index is -0.595. The van der Waals surface area contributed by atoms with Crippen molar-refractivity contribution in [3.05, 3.63) is 46.8 Å². The maximum absolute atomic E-state index is 14.0. The zero-order valence-electron chi connectivity index (χ0n) is 17.0. The summed E-state index contributed by atoms with van der Waals surface area (Å²) >= 11 is 0. The molecule has 1 unspecified atom stereocenters. The molecule has 2 aromatic carbocycles. The number of likely N-dealkylation sites (tertiary alicyclic amines) is 1. The summed E-state index contributed by atoms with van der Waals surface area (Å²) in [6, 6.07) is 7.56. The maximum Gasteiger partial charge on any atom is 0.258 e. The summed E-state index contributed by atoms with van der Waals surface area (Å²) in [5, 5.41) is 22.9. The van der Waals surface area contributed by atoms with Gasteiger partial charge in [-0.3, -0.25) is 4.79 Å². The quantitative estimate of drug-likeness (QED) is 0.755. The summed E-state index contributed by atoms with van der Waals surface area (Å²) in [6.45, 7) is 1.61. The second-order valence-corrected chi connectivity index (χ2v) is 7.25. The van der Waals surface area contributed by atoms with Crippen molar-refractivity contribution in [1.82, 2.24) is 4.90 Å². The van der Waals surface area contributed by atoms with E-state index in [1.54, 1.807) is 25.1 Å². The first kappa shape index (κ1) is 20.6. The van der Waals surface area contributed by atoms with Crippen molar-refractivity contribution in [3.63, 3.8) is 0 Å². The molecule has 2 heterocycles. The maximum atomic E-state index is 14.0. The van der Waals surface area contributed by atoms with Crippen LogP contribution in [0, 0.1) is 24.1 Å². The zero-order valence-corrected chi connectivity index (χ0v) is 17.0. The van der Waals surface area contributed by atoms with E-state index < -0.39 is 11.9 Å². The van der Waals surface area contributed by atoms with Crippen LogP contribution in [0.15, 0.2) is 29.4 Å². The van der Waals surface area contributed by atoms with Gasteiger partial charge >= 0.3 is 0 Å². The van der Waals surface area contributed by atoms with Crippen molar-refractivity contribution in [2.75, 3.05) is 27.1 Å². The van der Waals surface area contributed by atoms with Gasteiger partial charge < -0.3 is 24.3 Å². The Morgan fingerprint density at radius 2 is 2.06 bits per heavy atom.